The van der Waals surface area contributed by atoms with Crippen LogP contribution in [-0.4, -0.2) is 91.4 Å². The van der Waals surface area contributed by atoms with E-state index in [0.29, 0.717) is 19.6 Å². The Morgan fingerprint density at radius 3 is 2.38 bits per heavy atom. The van der Waals surface area contributed by atoms with E-state index >= 15 is 0 Å². The van der Waals surface area contributed by atoms with Gasteiger partial charge in [-0.25, -0.2) is 0 Å². The molecule has 4 aliphatic rings. The van der Waals surface area contributed by atoms with Crippen molar-refractivity contribution in [3.8, 4) is 0 Å². The molecule has 176 valence electrons. The summed E-state index contributed by atoms with van der Waals surface area (Å²) >= 11 is 1.59. The maximum atomic E-state index is 14.0. The second-order valence-corrected chi connectivity index (χ2v) is 11.7. The van der Waals surface area contributed by atoms with Crippen LogP contribution < -0.4 is 0 Å². The molecule has 0 aromatic rings. The quantitative estimate of drug-likeness (QED) is 0.630. The Morgan fingerprint density at radius 1 is 1.06 bits per heavy atom. The lowest BCUT2D eigenvalue weighted by Crippen LogP contribution is -2.57. The van der Waals surface area contributed by atoms with Gasteiger partial charge in [-0.15, -0.1) is 11.8 Å². The van der Waals surface area contributed by atoms with Gasteiger partial charge >= 0.3 is 0 Å². The van der Waals surface area contributed by atoms with Gasteiger partial charge in [0.25, 0.3) is 0 Å². The van der Waals surface area contributed by atoms with Gasteiger partial charge in [-0.05, 0) is 34.1 Å². The van der Waals surface area contributed by atoms with Gasteiger partial charge < -0.3 is 19.8 Å². The van der Waals surface area contributed by atoms with Crippen molar-refractivity contribution < 1.29 is 19.5 Å². The molecule has 0 aromatic heterocycles. The molecule has 0 aliphatic carbocycles. The molecule has 2 saturated heterocycles. The second-order valence-electron chi connectivity index (χ2n) is 9.95. The molecule has 1 N–H and O–H groups in total. The zero-order chi connectivity index (χ0) is 23.4. The molecule has 4 rings (SSSR count). The van der Waals surface area contributed by atoms with E-state index in [0.717, 1.165) is 6.42 Å². The first-order chi connectivity index (χ1) is 15.1. The molecule has 6 atom stereocenters. The fourth-order valence-electron chi connectivity index (χ4n) is 6.03. The molecule has 0 aromatic carbocycles. The number of hydrogen-bond acceptors (Lipinski definition) is 5. The molecule has 2 fully saturated rings. The maximum absolute atomic E-state index is 14.0. The van der Waals surface area contributed by atoms with Gasteiger partial charge in [-0.3, -0.25) is 14.4 Å². The third-order valence-electron chi connectivity index (χ3n) is 7.47. The van der Waals surface area contributed by atoms with Gasteiger partial charge in [-0.1, -0.05) is 31.2 Å². The topological polar surface area (TPSA) is 81.2 Å². The van der Waals surface area contributed by atoms with Crippen molar-refractivity contribution in [3.05, 3.63) is 24.3 Å². The Bertz CT molecular complexity index is 873. The predicted molar refractivity (Wildman–Crippen MR) is 125 cm³/mol. The van der Waals surface area contributed by atoms with Crippen LogP contribution in [0.5, 0.6) is 0 Å². The zero-order valence-corrected chi connectivity index (χ0v) is 20.5. The molecule has 8 heteroatoms. The van der Waals surface area contributed by atoms with Crippen molar-refractivity contribution in [2.75, 3.05) is 26.2 Å². The highest BCUT2D eigenvalue weighted by molar-refractivity contribution is 8.02. The number of aliphatic hydroxyl groups is 1. The molecule has 1 spiro atoms. The van der Waals surface area contributed by atoms with E-state index in [2.05, 4.69) is 6.08 Å². The number of aliphatic hydroxyl groups excluding tert-OH is 1. The Hall–Kier alpha value is -1.80. The SMILES string of the molecule is CCCN1CC=C[C@]2(C)S[C@]34C=CCN(C(C)C)C(=O)C3N([C@H](C)CO)C(=O)[C@@H]4[C@@H]2C1=O. The van der Waals surface area contributed by atoms with Gasteiger partial charge in [0.2, 0.25) is 17.7 Å². The molecule has 0 saturated carbocycles. The summed E-state index contributed by atoms with van der Waals surface area (Å²) in [6.45, 7) is 11.2. The predicted octanol–water partition coefficient (Wildman–Crippen LogP) is 1.67. The lowest BCUT2D eigenvalue weighted by atomic mass is 9.74. The van der Waals surface area contributed by atoms with Crippen molar-refractivity contribution in [2.24, 2.45) is 11.8 Å². The van der Waals surface area contributed by atoms with Gasteiger partial charge in [0.15, 0.2) is 0 Å². The van der Waals surface area contributed by atoms with Crippen molar-refractivity contribution in [3.63, 3.8) is 0 Å². The van der Waals surface area contributed by atoms with Gasteiger partial charge in [0, 0.05) is 30.4 Å². The number of fused-ring (bicyclic) bond motifs is 2. The van der Waals surface area contributed by atoms with Gasteiger partial charge in [-0.2, -0.15) is 0 Å². The Morgan fingerprint density at radius 2 is 1.75 bits per heavy atom. The lowest BCUT2D eigenvalue weighted by Gasteiger charge is -2.39. The minimum absolute atomic E-state index is 0.00913. The molecule has 0 radical (unpaired) electrons. The standard InChI is InChI=1S/C24H35N3O4S/c1-6-11-25-12-7-9-23(5)17(20(25)29)18-21(30)27(16(4)14-28)19-22(31)26(15(2)3)13-8-10-24(18,19)32-23/h7-10,15-19,28H,6,11-14H2,1-5H3/t16-,17-,18+,19?,23+,24+/m1/s1. The number of nitrogens with zero attached hydrogens (tertiary/aromatic N) is 3. The fraction of sp³-hybridized carbons (Fsp3) is 0.708. The second kappa shape index (κ2) is 8.20. The van der Waals surface area contributed by atoms with Crippen molar-refractivity contribution in [1.82, 2.24) is 14.7 Å². The number of hydrogen-bond donors (Lipinski definition) is 1. The number of carbonyl (C=O) groups is 3. The van der Waals surface area contributed by atoms with Gasteiger partial charge in [0.05, 0.1) is 29.2 Å². The van der Waals surface area contributed by atoms with Crippen LogP contribution in [0.25, 0.3) is 0 Å². The average molecular weight is 462 g/mol. The van der Waals surface area contributed by atoms with Crippen LogP contribution in [0.4, 0.5) is 0 Å². The molecule has 4 aliphatic heterocycles. The summed E-state index contributed by atoms with van der Waals surface area (Å²) in [6, 6.07) is -1.26. The molecule has 32 heavy (non-hydrogen) atoms. The number of thioether (sulfide) groups is 1. The highest BCUT2D eigenvalue weighted by atomic mass is 32.2. The summed E-state index contributed by atoms with van der Waals surface area (Å²) in [5.74, 6) is -1.49. The Balaban J connectivity index is 1.89. The third kappa shape index (κ3) is 3.16. The van der Waals surface area contributed by atoms with Crippen LogP contribution in [-0.2, 0) is 14.4 Å². The molecular formula is C24H35N3O4S. The molecule has 1 unspecified atom stereocenters. The van der Waals surface area contributed by atoms with Crippen LogP contribution in [0.15, 0.2) is 24.3 Å². The highest BCUT2D eigenvalue weighted by Gasteiger charge is 2.74. The third-order valence-corrected chi connectivity index (χ3v) is 9.26. The van der Waals surface area contributed by atoms with E-state index < -0.39 is 33.4 Å². The van der Waals surface area contributed by atoms with E-state index in [9.17, 15) is 19.5 Å². The molecular weight excluding hydrogens is 426 g/mol. The monoisotopic (exact) mass is 461 g/mol. The van der Waals surface area contributed by atoms with Crippen LogP contribution in [0, 0.1) is 11.8 Å². The first-order valence-corrected chi connectivity index (χ1v) is 12.5. The Labute approximate surface area is 194 Å². The maximum Gasteiger partial charge on any atom is 0.247 e. The zero-order valence-electron chi connectivity index (χ0n) is 19.7. The summed E-state index contributed by atoms with van der Waals surface area (Å²) in [4.78, 5) is 46.9. The Kier molecular flexibility index (Phi) is 5.99. The van der Waals surface area contributed by atoms with E-state index in [4.69, 9.17) is 0 Å². The number of amides is 3. The summed E-state index contributed by atoms with van der Waals surface area (Å²) in [5.41, 5.74) is 0. The summed E-state index contributed by atoms with van der Waals surface area (Å²) in [7, 11) is 0. The minimum Gasteiger partial charge on any atom is -0.394 e. The summed E-state index contributed by atoms with van der Waals surface area (Å²) < 4.78 is -1.42. The average Bonchev–Trinajstić information content (AvgIpc) is 3.02. The largest absolute Gasteiger partial charge is 0.394 e. The smallest absolute Gasteiger partial charge is 0.247 e. The minimum atomic E-state index is -0.837. The van der Waals surface area contributed by atoms with Gasteiger partial charge in [0.1, 0.15) is 6.04 Å². The molecule has 3 amide bonds. The first-order valence-electron chi connectivity index (χ1n) is 11.7. The van der Waals surface area contributed by atoms with E-state index in [1.165, 1.54) is 0 Å². The van der Waals surface area contributed by atoms with Crippen molar-refractivity contribution in [2.45, 2.75) is 68.7 Å². The van der Waals surface area contributed by atoms with E-state index in [1.54, 1.807) is 28.5 Å². The van der Waals surface area contributed by atoms with Crippen LogP contribution >= 0.6 is 11.8 Å². The molecule has 0 bridgehead atoms. The fourth-order valence-corrected chi connectivity index (χ4v) is 8.17. The number of carbonyl (C=O) groups excluding carboxylic acids is 3. The highest BCUT2D eigenvalue weighted by Crippen LogP contribution is 2.65. The first kappa shape index (κ1) is 23.4. The van der Waals surface area contributed by atoms with Crippen LogP contribution in [0.2, 0.25) is 0 Å². The lowest BCUT2D eigenvalue weighted by molar-refractivity contribution is -0.147. The summed E-state index contributed by atoms with van der Waals surface area (Å²) in [6.07, 6.45) is 8.98. The van der Waals surface area contributed by atoms with Crippen molar-refractivity contribution in [1.29, 1.82) is 0 Å². The van der Waals surface area contributed by atoms with Crippen LogP contribution in [0.1, 0.15) is 41.0 Å². The normalized spacial score (nSPS) is 37.5. The number of likely N-dealkylation sites (tertiary alicyclic amines) is 1. The van der Waals surface area contributed by atoms with E-state index in [1.807, 2.05) is 50.8 Å². The molecule has 7 nitrogen and oxygen atoms in total. The number of rotatable bonds is 5. The van der Waals surface area contributed by atoms with Crippen LogP contribution in [0.3, 0.4) is 0 Å². The van der Waals surface area contributed by atoms with Crippen molar-refractivity contribution >= 4 is 29.5 Å². The summed E-state index contributed by atoms with van der Waals surface area (Å²) in [5, 5.41) is 9.96. The van der Waals surface area contributed by atoms with E-state index in [-0.39, 0.29) is 30.4 Å². The molecule has 4 heterocycles.